The van der Waals surface area contributed by atoms with E-state index in [9.17, 15) is 19.8 Å². The van der Waals surface area contributed by atoms with Gasteiger partial charge < -0.3 is 20.3 Å². The lowest BCUT2D eigenvalue weighted by molar-refractivity contribution is -0.143. The molecule has 6 nitrogen and oxygen atoms in total. The minimum Gasteiger partial charge on any atom is -0.466 e. The molecule has 326 valence electrons. The van der Waals surface area contributed by atoms with E-state index in [1.807, 2.05) is 6.08 Å². The number of esters is 1. The molecule has 0 aromatic carbocycles. The van der Waals surface area contributed by atoms with E-state index in [2.05, 4.69) is 19.2 Å². The topological polar surface area (TPSA) is 95.9 Å². The van der Waals surface area contributed by atoms with E-state index in [-0.39, 0.29) is 18.5 Å². The Morgan fingerprint density at radius 1 is 0.491 bits per heavy atom. The third kappa shape index (κ3) is 42.0. The molecule has 3 N–H and O–H groups in total. The van der Waals surface area contributed by atoms with Crippen LogP contribution >= 0.6 is 0 Å². The Morgan fingerprint density at radius 2 is 0.836 bits per heavy atom. The van der Waals surface area contributed by atoms with E-state index < -0.39 is 12.1 Å². The van der Waals surface area contributed by atoms with Crippen LogP contribution in [0.5, 0.6) is 0 Å². The Hall–Kier alpha value is -1.40. The first kappa shape index (κ1) is 53.6. The van der Waals surface area contributed by atoms with Crippen molar-refractivity contribution in [3.05, 3.63) is 12.2 Å². The number of ether oxygens (including phenoxy) is 1. The average molecular weight is 778 g/mol. The number of carbonyl (C=O) groups is 2. The fraction of sp³-hybridized carbons (Fsp3) is 0.918. The number of nitrogens with one attached hydrogen (secondary N) is 1. The summed E-state index contributed by atoms with van der Waals surface area (Å²) in [7, 11) is 0. The molecular formula is C49H95NO5. The summed E-state index contributed by atoms with van der Waals surface area (Å²) in [6.07, 6.45) is 50.6. The molecule has 0 aliphatic carbocycles. The predicted molar refractivity (Wildman–Crippen MR) is 237 cm³/mol. The van der Waals surface area contributed by atoms with Crippen molar-refractivity contribution in [1.82, 2.24) is 5.32 Å². The van der Waals surface area contributed by atoms with Crippen LogP contribution in [0.1, 0.15) is 264 Å². The standard InChI is InChI=1S/C49H95NO5/c1-3-5-7-9-11-13-15-19-23-27-31-35-39-43-49(54)55-44-40-36-32-28-24-21-18-16-17-20-22-26-30-34-38-42-48(53)50-46(45-51)47(52)41-37-33-29-25-14-12-10-8-6-4-2/h37,41,46-47,51-52H,3-36,38-40,42-45H2,1-2H3,(H,50,53)/b41-37+. The molecule has 6 heteroatoms. The van der Waals surface area contributed by atoms with E-state index >= 15 is 0 Å². The van der Waals surface area contributed by atoms with Crippen molar-refractivity contribution >= 4 is 11.9 Å². The van der Waals surface area contributed by atoms with Crippen molar-refractivity contribution in [3.63, 3.8) is 0 Å². The van der Waals surface area contributed by atoms with Crippen LogP contribution < -0.4 is 5.32 Å². The molecule has 55 heavy (non-hydrogen) atoms. The number of hydrogen-bond acceptors (Lipinski definition) is 5. The Labute approximate surface area is 342 Å². The highest BCUT2D eigenvalue weighted by molar-refractivity contribution is 5.76. The van der Waals surface area contributed by atoms with Crippen molar-refractivity contribution in [1.29, 1.82) is 0 Å². The molecule has 0 rings (SSSR count). The zero-order valence-electron chi connectivity index (χ0n) is 36.9. The quantitative estimate of drug-likeness (QED) is 0.0325. The van der Waals surface area contributed by atoms with Crippen LogP contribution in [0.4, 0.5) is 0 Å². The van der Waals surface area contributed by atoms with Crippen molar-refractivity contribution in [2.75, 3.05) is 13.2 Å². The molecule has 0 fully saturated rings. The van der Waals surface area contributed by atoms with Gasteiger partial charge >= 0.3 is 5.97 Å². The summed E-state index contributed by atoms with van der Waals surface area (Å²) in [6, 6.07) is -0.631. The molecule has 0 saturated carbocycles. The van der Waals surface area contributed by atoms with E-state index in [0.717, 1.165) is 44.9 Å². The van der Waals surface area contributed by atoms with Crippen LogP contribution in [0.15, 0.2) is 12.2 Å². The van der Waals surface area contributed by atoms with Gasteiger partial charge in [0.2, 0.25) is 5.91 Å². The van der Waals surface area contributed by atoms with E-state index in [1.165, 1.54) is 193 Å². The summed E-state index contributed by atoms with van der Waals surface area (Å²) >= 11 is 0. The molecule has 0 heterocycles. The molecule has 0 aromatic heterocycles. The smallest absolute Gasteiger partial charge is 0.305 e. The summed E-state index contributed by atoms with van der Waals surface area (Å²) in [5.41, 5.74) is 0. The molecule has 0 bridgehead atoms. The first-order valence-electron chi connectivity index (χ1n) is 24.5. The van der Waals surface area contributed by atoms with Gasteiger partial charge in [-0.05, 0) is 32.1 Å². The Balaban J connectivity index is 3.43. The van der Waals surface area contributed by atoms with Gasteiger partial charge in [-0.1, -0.05) is 231 Å². The monoisotopic (exact) mass is 778 g/mol. The molecule has 0 aromatic rings. The maximum absolute atomic E-state index is 12.4. The number of amides is 1. The van der Waals surface area contributed by atoms with Crippen molar-refractivity contribution in [2.45, 2.75) is 276 Å². The van der Waals surface area contributed by atoms with Crippen LogP contribution in [0, 0.1) is 0 Å². The number of unbranched alkanes of at least 4 members (excludes halogenated alkanes) is 34. The summed E-state index contributed by atoms with van der Waals surface area (Å²) in [5, 5.41) is 22.9. The third-order valence-corrected chi connectivity index (χ3v) is 11.3. The molecule has 0 radical (unpaired) electrons. The molecule has 0 spiro atoms. The van der Waals surface area contributed by atoms with Gasteiger partial charge in [-0.3, -0.25) is 9.59 Å². The van der Waals surface area contributed by atoms with Gasteiger partial charge in [0.25, 0.3) is 0 Å². The van der Waals surface area contributed by atoms with Crippen molar-refractivity contribution in [2.24, 2.45) is 0 Å². The molecule has 2 atom stereocenters. The van der Waals surface area contributed by atoms with Gasteiger partial charge in [0.1, 0.15) is 0 Å². The fourth-order valence-corrected chi connectivity index (χ4v) is 7.51. The number of hydrogen-bond donors (Lipinski definition) is 3. The van der Waals surface area contributed by atoms with Crippen LogP contribution in [-0.2, 0) is 14.3 Å². The fourth-order valence-electron chi connectivity index (χ4n) is 7.51. The second kappa shape index (κ2) is 45.3. The number of rotatable bonds is 45. The minimum atomic E-state index is -0.847. The third-order valence-electron chi connectivity index (χ3n) is 11.3. The van der Waals surface area contributed by atoms with Gasteiger partial charge in [0.05, 0.1) is 25.4 Å². The lowest BCUT2D eigenvalue weighted by Crippen LogP contribution is -2.45. The lowest BCUT2D eigenvalue weighted by atomic mass is 10.0. The molecule has 0 aliphatic heterocycles. The van der Waals surface area contributed by atoms with Gasteiger partial charge in [0, 0.05) is 12.8 Å². The normalized spacial score (nSPS) is 12.7. The summed E-state index contributed by atoms with van der Waals surface area (Å²) in [6.45, 7) is 4.86. The van der Waals surface area contributed by atoms with Gasteiger partial charge in [-0.15, -0.1) is 0 Å². The van der Waals surface area contributed by atoms with Gasteiger partial charge in [-0.25, -0.2) is 0 Å². The second-order valence-corrected chi connectivity index (χ2v) is 16.8. The zero-order valence-corrected chi connectivity index (χ0v) is 36.9. The summed E-state index contributed by atoms with van der Waals surface area (Å²) in [4.78, 5) is 24.4. The maximum atomic E-state index is 12.4. The number of carbonyl (C=O) groups excluding carboxylic acids is 2. The van der Waals surface area contributed by atoms with Gasteiger partial charge in [-0.2, -0.15) is 0 Å². The predicted octanol–water partition coefficient (Wildman–Crippen LogP) is 14.2. The Morgan fingerprint density at radius 3 is 1.24 bits per heavy atom. The largest absolute Gasteiger partial charge is 0.466 e. The summed E-state index contributed by atoms with van der Waals surface area (Å²) in [5.74, 6) is -0.0775. The molecule has 0 aliphatic rings. The highest BCUT2D eigenvalue weighted by Gasteiger charge is 2.18. The Bertz CT molecular complexity index is 817. The highest BCUT2D eigenvalue weighted by atomic mass is 16.5. The minimum absolute atomic E-state index is 0.000640. The van der Waals surface area contributed by atoms with Crippen molar-refractivity contribution in [3.8, 4) is 0 Å². The van der Waals surface area contributed by atoms with Crippen LogP contribution in [-0.4, -0.2) is 47.4 Å². The number of aliphatic hydroxyl groups excluding tert-OH is 2. The highest BCUT2D eigenvalue weighted by Crippen LogP contribution is 2.16. The number of allylic oxidation sites excluding steroid dienone is 1. The molecule has 1 amide bonds. The lowest BCUT2D eigenvalue weighted by Gasteiger charge is -2.20. The van der Waals surface area contributed by atoms with Crippen LogP contribution in [0.25, 0.3) is 0 Å². The maximum Gasteiger partial charge on any atom is 0.305 e. The molecule has 2 unspecified atom stereocenters. The molecule has 0 saturated heterocycles. The Kier molecular flexibility index (Phi) is 44.2. The van der Waals surface area contributed by atoms with Crippen LogP contribution in [0.2, 0.25) is 0 Å². The van der Waals surface area contributed by atoms with Crippen molar-refractivity contribution < 1.29 is 24.5 Å². The van der Waals surface area contributed by atoms with Gasteiger partial charge in [0.15, 0.2) is 0 Å². The zero-order chi connectivity index (χ0) is 40.1. The second-order valence-electron chi connectivity index (χ2n) is 16.8. The number of aliphatic hydroxyl groups is 2. The SMILES string of the molecule is CCCCCCCCCC/C=C/C(O)C(CO)NC(=O)CCCCCCCCCCCCCCCCCOC(=O)CCCCCCCCCCCCCCC. The molecular weight excluding hydrogens is 683 g/mol. The van der Waals surface area contributed by atoms with Crippen LogP contribution in [0.3, 0.4) is 0 Å². The van der Waals surface area contributed by atoms with E-state index in [1.54, 1.807) is 6.08 Å². The summed E-state index contributed by atoms with van der Waals surface area (Å²) < 4.78 is 5.46. The first-order valence-corrected chi connectivity index (χ1v) is 24.5. The average Bonchev–Trinajstić information content (AvgIpc) is 3.18. The first-order chi connectivity index (χ1) is 27.0. The van der Waals surface area contributed by atoms with E-state index in [0.29, 0.717) is 19.4 Å². The van der Waals surface area contributed by atoms with E-state index in [4.69, 9.17) is 4.74 Å².